The van der Waals surface area contributed by atoms with Gasteiger partial charge in [0, 0.05) is 31.9 Å². The Labute approximate surface area is 191 Å². The minimum atomic E-state index is -2.21. The molecule has 2 nitrogen and oxygen atoms in total. The van der Waals surface area contributed by atoms with Gasteiger partial charge in [-0.2, -0.15) is 0 Å². The van der Waals surface area contributed by atoms with Crippen molar-refractivity contribution in [3.63, 3.8) is 0 Å². The number of halogens is 3. The molecule has 0 saturated carbocycles. The van der Waals surface area contributed by atoms with Crippen molar-refractivity contribution in [1.29, 1.82) is 0 Å². The predicted molar refractivity (Wildman–Crippen MR) is 127 cm³/mol. The molecule has 0 radical (unpaired) electrons. The first-order chi connectivity index (χ1) is 13.8. The standard InChI is InChI=1S/C23H25N2.3ClH.Zn/c1-24(2)21-13-9-18(10-14-21)17-20-7-5-6-8-23(20)19-11-15-22(16-12-19)25(3)4;;;;/h5-17H,1-4H3;3*1H;/q+1;;;;+2/p-3. The molecule has 29 heavy (non-hydrogen) atoms. The van der Waals surface area contributed by atoms with Gasteiger partial charge in [0.15, 0.2) is 5.71 Å². The van der Waals surface area contributed by atoms with Gasteiger partial charge in [-0.25, -0.2) is 4.58 Å². The summed E-state index contributed by atoms with van der Waals surface area (Å²) < 4.78 is 2.12. The molecule has 1 aliphatic rings. The predicted octanol–water partition coefficient (Wildman–Crippen LogP) is 6.71. The fourth-order valence-corrected chi connectivity index (χ4v) is 2.87. The van der Waals surface area contributed by atoms with Gasteiger partial charge in [-0.15, -0.1) is 0 Å². The summed E-state index contributed by atoms with van der Waals surface area (Å²) in [5.41, 5.74) is 7.36. The van der Waals surface area contributed by atoms with Crippen molar-refractivity contribution in [1.82, 2.24) is 0 Å². The van der Waals surface area contributed by atoms with Gasteiger partial charge in [-0.1, -0.05) is 36.4 Å². The average Bonchev–Trinajstić information content (AvgIpc) is 2.68. The van der Waals surface area contributed by atoms with Gasteiger partial charge >= 0.3 is 42.1 Å². The molecular formula is C23H25Cl3N2Zn. The number of benzene rings is 2. The van der Waals surface area contributed by atoms with Gasteiger partial charge in [0.25, 0.3) is 0 Å². The van der Waals surface area contributed by atoms with Crippen LogP contribution in [0.5, 0.6) is 0 Å². The Bertz CT molecular complexity index is 918. The van der Waals surface area contributed by atoms with E-state index in [4.69, 9.17) is 29.1 Å². The van der Waals surface area contributed by atoms with Crippen molar-refractivity contribution in [2.45, 2.75) is 0 Å². The van der Waals surface area contributed by atoms with E-state index in [0.29, 0.717) is 0 Å². The van der Waals surface area contributed by atoms with Crippen molar-refractivity contribution < 1.29 is 17.6 Å². The van der Waals surface area contributed by atoms with Crippen molar-refractivity contribution in [3.05, 3.63) is 84.0 Å². The van der Waals surface area contributed by atoms with E-state index >= 15 is 0 Å². The van der Waals surface area contributed by atoms with Crippen LogP contribution in [0.1, 0.15) is 5.56 Å². The van der Waals surface area contributed by atoms with Crippen LogP contribution in [0, 0.1) is 0 Å². The summed E-state index contributed by atoms with van der Waals surface area (Å²) in [6.45, 7) is 0. The Morgan fingerprint density at radius 1 is 0.828 bits per heavy atom. The number of hydrogen-bond acceptors (Lipinski definition) is 1. The van der Waals surface area contributed by atoms with Crippen molar-refractivity contribution in [3.8, 4) is 11.1 Å². The van der Waals surface area contributed by atoms with Crippen LogP contribution in [-0.4, -0.2) is 38.5 Å². The second kappa shape index (κ2) is 11.7. The van der Waals surface area contributed by atoms with Crippen LogP contribution in [-0.2, 0) is 13.0 Å². The fraction of sp³-hybridized carbons (Fsp3) is 0.174. The third kappa shape index (κ3) is 7.76. The van der Waals surface area contributed by atoms with Gasteiger partial charge in [-0.05, 0) is 52.6 Å². The minimum absolute atomic E-state index is 1.21. The number of nitrogens with zero attached hydrogens (tertiary/aromatic N) is 2. The summed E-state index contributed by atoms with van der Waals surface area (Å²) in [6, 6.07) is 17.3. The fourth-order valence-electron chi connectivity index (χ4n) is 2.87. The first kappa shape index (κ1) is 23.9. The molecule has 0 aliphatic heterocycles. The molecule has 0 saturated heterocycles. The first-order valence-electron chi connectivity index (χ1n) is 9.34. The van der Waals surface area contributed by atoms with E-state index in [9.17, 15) is 0 Å². The number of hydrogen-bond donors (Lipinski definition) is 0. The molecule has 0 N–H and O–H groups in total. The van der Waals surface area contributed by atoms with Crippen LogP contribution in [0.3, 0.4) is 0 Å². The van der Waals surface area contributed by atoms with Gasteiger partial charge in [-0.3, -0.25) is 0 Å². The Morgan fingerprint density at radius 3 is 1.90 bits per heavy atom. The molecule has 0 heterocycles. The van der Waals surface area contributed by atoms with Crippen molar-refractivity contribution in [2.75, 3.05) is 33.1 Å². The number of rotatable bonds is 3. The van der Waals surface area contributed by atoms with E-state index < -0.39 is 13.0 Å². The summed E-state index contributed by atoms with van der Waals surface area (Å²) in [4.78, 5) is 2.12. The second-order valence-electron chi connectivity index (χ2n) is 6.96. The van der Waals surface area contributed by atoms with Crippen LogP contribution in [0.4, 0.5) is 5.69 Å². The maximum absolute atomic E-state index is 5.01. The monoisotopic (exact) mass is 498 g/mol. The van der Waals surface area contributed by atoms with Gasteiger partial charge in [0.1, 0.15) is 14.1 Å². The summed E-state index contributed by atoms with van der Waals surface area (Å²) in [7, 11) is 23.3. The molecule has 3 rings (SSSR count). The van der Waals surface area contributed by atoms with E-state index in [-0.39, 0.29) is 0 Å². The molecule has 150 valence electrons. The Morgan fingerprint density at radius 2 is 1.38 bits per heavy atom. The molecule has 0 fully saturated rings. The zero-order valence-corrected chi connectivity index (χ0v) is 22.5. The van der Waals surface area contributed by atoms with E-state index in [0.717, 1.165) is 0 Å². The topological polar surface area (TPSA) is 6.25 Å². The summed E-state index contributed by atoms with van der Waals surface area (Å²) in [5.74, 6) is 0. The molecule has 2 aromatic carbocycles. The first-order valence-corrected chi connectivity index (χ1v) is 21.0. The summed E-state index contributed by atoms with van der Waals surface area (Å²) >= 11 is -2.21. The van der Waals surface area contributed by atoms with E-state index in [2.05, 4.69) is 117 Å². The second-order valence-corrected chi connectivity index (χ2v) is 20.8. The SMILES string of the molecule is CN(C)c1ccc(-c2ccccc2C=C2C=CC(=[N+](C)C)C=C2)cc1.[Cl][Zn-]([Cl])[Cl]. The van der Waals surface area contributed by atoms with Crippen LogP contribution in [0.25, 0.3) is 17.2 Å². The van der Waals surface area contributed by atoms with Gasteiger partial charge in [0.05, 0.1) is 0 Å². The van der Waals surface area contributed by atoms with Crippen LogP contribution in [0.2, 0.25) is 0 Å². The molecule has 0 aromatic heterocycles. The van der Waals surface area contributed by atoms with Crippen molar-refractivity contribution >= 4 is 46.5 Å². The zero-order valence-electron chi connectivity index (χ0n) is 17.2. The molecular weight excluding hydrogens is 476 g/mol. The van der Waals surface area contributed by atoms with E-state index in [1.54, 1.807) is 0 Å². The summed E-state index contributed by atoms with van der Waals surface area (Å²) in [6.07, 6.45) is 10.9. The molecule has 2 aromatic rings. The van der Waals surface area contributed by atoms with Crippen molar-refractivity contribution in [2.24, 2.45) is 0 Å². The van der Waals surface area contributed by atoms with Gasteiger partial charge < -0.3 is 4.90 Å². The number of allylic oxidation sites excluding steroid dienone is 5. The maximum atomic E-state index is 5.01. The van der Waals surface area contributed by atoms with E-state index in [1.807, 2.05) is 0 Å². The van der Waals surface area contributed by atoms with Gasteiger partial charge in [0.2, 0.25) is 0 Å². The zero-order chi connectivity index (χ0) is 21.4. The Kier molecular flexibility index (Phi) is 9.66. The third-order valence-electron chi connectivity index (χ3n) is 4.39. The molecule has 0 unspecified atom stereocenters. The quantitative estimate of drug-likeness (QED) is 0.335. The van der Waals surface area contributed by atoms with E-state index in [1.165, 1.54) is 33.7 Å². The van der Waals surface area contributed by atoms with Crippen LogP contribution >= 0.6 is 29.1 Å². The Hall–Kier alpha value is -1.38. The molecule has 0 atom stereocenters. The molecule has 1 aliphatic carbocycles. The normalized spacial score (nSPS) is 12.2. The summed E-state index contributed by atoms with van der Waals surface area (Å²) in [5, 5.41) is 0. The third-order valence-corrected chi connectivity index (χ3v) is 4.39. The molecule has 6 heteroatoms. The molecule has 0 bridgehead atoms. The molecule has 0 amide bonds. The molecule has 0 spiro atoms. The Balaban J connectivity index is 0.000000687. The van der Waals surface area contributed by atoms with Crippen LogP contribution < -0.4 is 4.90 Å². The number of anilines is 1. The van der Waals surface area contributed by atoms with Crippen LogP contribution in [0.15, 0.2) is 78.4 Å². The average molecular weight is 501 g/mol.